The Morgan fingerprint density at radius 3 is 0.872 bits per heavy atom. The predicted octanol–water partition coefficient (Wildman–Crippen LogP) is 38.4. The SMILES string of the molecule is CC(C)(C)c1c(C(F)(F)C(C)(F)F)cccc1C(F)(F)C(F)(F)F.CC(C)(C)c1cc(-c2ccccc2)cc(-c2ccccc2)c1.CC(C)(C)c1cccc(-c2ccccc2)c1C(C)(C)C.Cc1cccc(C)c1C(C)(C)C.Cc1ccccc1C(C)(C)C.[2H]c1c([2H])c(-c2cccc(C(C)(C)C)c2C(C)(C)C)c([2H])c([2H])c1C.[2H]c1c([2H])c([2H])c(-c2cc(-c3c([2H])c([2H])c([2H])c(C)c3[2H])cc(C(C)(C)C)c2)c([2H])c1[2H]. The summed E-state index contributed by atoms with van der Waals surface area (Å²) in [5, 5.41) is 0. The van der Waals surface area contributed by atoms with Gasteiger partial charge in [-0.05, 0) is 229 Å². The van der Waals surface area contributed by atoms with Crippen molar-refractivity contribution in [2.75, 3.05) is 0 Å². The standard InChI is InChI=1S/C23H24.C22H22.C21H28.C20H26.C15H15F9.C12H18.C11H16/c1-17-9-8-12-19(13-17)21-14-20(18-10-6-5-7-11-18)15-22(16-21)23(2,3)4;1-22(2,3)21-15-19(17-10-6-4-7-11-17)14-20(16-21)18-12-8-5-9-13-18;1-15-11-13-16(14-12-15)17-9-8-10-18(20(2,3)4)19(17)21(5,6)7;1-19(2,3)17-14-10-13-16(18(17)20(4,5)6)15-11-8-7-9-12-15;1-11(2,3)10-8(13(18,19)12(4,16)17)6-5-7-9(10)14(20,21)15(22,23)24;1-9-7-6-8-10(2)11(9)12(3,4)5;1-9-7-5-6-8-10(9)11(2,3)4/h5-16H,1-4H3;4-16H,1-3H3;8-14H,1-7H3;7-14H,1-6H3;5-7H,1-4H3;6-8H,1-5H3;5-8H,1-4H3/i5D,6D,7D,8D,9D,10D,11D,12D,13D;;11D,12D,13D,14D;;;;. The summed E-state index contributed by atoms with van der Waals surface area (Å²) in [4.78, 5) is 0. The Hall–Kier alpha value is -10.8. The second-order valence-electron chi connectivity index (χ2n) is 43.7. The zero-order valence-corrected chi connectivity index (χ0v) is 84.8. The summed E-state index contributed by atoms with van der Waals surface area (Å²) in [6.07, 6.45) is -6.06. The van der Waals surface area contributed by atoms with Gasteiger partial charge in [-0.25, -0.2) is 0 Å². The number of benzene rings is 13. The van der Waals surface area contributed by atoms with Gasteiger partial charge in [0.05, 0.1) is 17.8 Å². The molecular weight excluding hydrogens is 1660 g/mol. The molecule has 0 aliphatic carbocycles. The van der Waals surface area contributed by atoms with Crippen molar-refractivity contribution in [1.29, 1.82) is 0 Å². The molecule has 0 nitrogen and oxygen atoms in total. The Balaban J connectivity index is 0.000000236. The van der Waals surface area contributed by atoms with E-state index >= 15 is 0 Å². The second kappa shape index (κ2) is 43.3. The van der Waals surface area contributed by atoms with Crippen LogP contribution in [0.1, 0.15) is 301 Å². The highest BCUT2D eigenvalue weighted by Crippen LogP contribution is 2.53. The Labute approximate surface area is 813 Å². The lowest BCUT2D eigenvalue weighted by atomic mass is 9.72. The number of hydrogen-bond donors (Lipinski definition) is 0. The number of hydrogen-bond acceptors (Lipinski definition) is 0. The molecule has 0 aliphatic heterocycles. The van der Waals surface area contributed by atoms with Crippen LogP contribution in [0.3, 0.4) is 0 Å². The molecule has 9 heteroatoms. The molecule has 0 bridgehead atoms. The lowest BCUT2D eigenvalue weighted by molar-refractivity contribution is -0.289. The Morgan fingerprint density at radius 1 is 0.203 bits per heavy atom. The van der Waals surface area contributed by atoms with Crippen molar-refractivity contribution in [3.05, 3.63) is 392 Å². The zero-order valence-electron chi connectivity index (χ0n) is 97.8. The van der Waals surface area contributed by atoms with Gasteiger partial charge in [-0.3, -0.25) is 0 Å². The van der Waals surface area contributed by atoms with Crippen LogP contribution in [0.4, 0.5) is 39.5 Å². The van der Waals surface area contributed by atoms with Crippen molar-refractivity contribution >= 4 is 0 Å². The molecule has 0 saturated carbocycles. The molecule has 708 valence electrons. The summed E-state index contributed by atoms with van der Waals surface area (Å²) in [5.41, 5.74) is 19.4. The third kappa shape index (κ3) is 29.9. The molecule has 0 saturated heterocycles. The van der Waals surface area contributed by atoms with E-state index in [4.69, 9.17) is 17.8 Å². The molecule has 0 unspecified atom stereocenters. The van der Waals surface area contributed by atoms with E-state index in [1.807, 2.05) is 32.9 Å². The van der Waals surface area contributed by atoms with E-state index in [0.29, 0.717) is 40.5 Å². The molecule has 0 spiro atoms. The highest BCUT2D eigenvalue weighted by molar-refractivity contribution is 5.78. The van der Waals surface area contributed by atoms with Crippen LogP contribution in [0.25, 0.3) is 66.8 Å². The van der Waals surface area contributed by atoms with Crippen LogP contribution < -0.4 is 0 Å². The summed E-state index contributed by atoms with van der Waals surface area (Å²) in [7, 11) is 0. The Morgan fingerprint density at radius 2 is 0.519 bits per heavy atom. The van der Waals surface area contributed by atoms with Crippen LogP contribution in [-0.4, -0.2) is 12.1 Å². The molecule has 133 heavy (non-hydrogen) atoms. The second-order valence-corrected chi connectivity index (χ2v) is 43.7. The maximum absolute atomic E-state index is 14.0. The van der Waals surface area contributed by atoms with Gasteiger partial charge in [0.1, 0.15) is 0 Å². The summed E-state index contributed by atoms with van der Waals surface area (Å²) >= 11 is 0. The van der Waals surface area contributed by atoms with Gasteiger partial charge in [-0.2, -0.15) is 39.5 Å². The van der Waals surface area contributed by atoms with Crippen LogP contribution in [0.2, 0.25) is 0 Å². The van der Waals surface area contributed by atoms with Gasteiger partial charge in [0.15, 0.2) is 0 Å². The van der Waals surface area contributed by atoms with Gasteiger partial charge < -0.3 is 0 Å². The summed E-state index contributed by atoms with van der Waals surface area (Å²) < 4.78 is 227. The van der Waals surface area contributed by atoms with E-state index in [-0.39, 0.29) is 127 Å². The van der Waals surface area contributed by atoms with Crippen molar-refractivity contribution < 1.29 is 57.3 Å². The molecule has 0 aliphatic rings. The average Bonchev–Trinajstić information content (AvgIpc) is 0.728. The fourth-order valence-corrected chi connectivity index (χ4v) is 16.2. The third-order valence-corrected chi connectivity index (χ3v) is 22.6. The van der Waals surface area contributed by atoms with Crippen molar-refractivity contribution in [3.63, 3.8) is 0 Å². The van der Waals surface area contributed by atoms with Gasteiger partial charge >= 0.3 is 23.9 Å². The lowest BCUT2D eigenvalue weighted by Crippen LogP contribution is -2.40. The molecule has 0 aromatic heterocycles. The maximum atomic E-state index is 14.0. The van der Waals surface area contributed by atoms with Crippen molar-refractivity contribution in [2.24, 2.45) is 0 Å². The quantitative estimate of drug-likeness (QED) is 0.126. The molecule has 13 rings (SSSR count). The minimum Gasteiger partial charge on any atom is -0.200 e. The molecule has 0 radical (unpaired) electrons. The van der Waals surface area contributed by atoms with Crippen molar-refractivity contribution in [1.82, 2.24) is 0 Å². The van der Waals surface area contributed by atoms with E-state index in [1.54, 1.807) is 32.0 Å². The first-order chi connectivity index (χ1) is 66.5. The monoisotopic (exact) mass is 1820 g/mol. The van der Waals surface area contributed by atoms with Crippen LogP contribution in [0, 0.1) is 34.6 Å². The number of alkyl halides is 9. The van der Waals surface area contributed by atoms with Crippen LogP contribution in [0.5, 0.6) is 0 Å². The minimum atomic E-state index is -6.06. The van der Waals surface area contributed by atoms with Crippen molar-refractivity contribution in [3.8, 4) is 66.8 Å². The van der Waals surface area contributed by atoms with Gasteiger partial charge in [0.25, 0.3) is 0 Å². The molecule has 13 aromatic carbocycles. The van der Waals surface area contributed by atoms with E-state index in [1.165, 1.54) is 83.5 Å². The summed E-state index contributed by atoms with van der Waals surface area (Å²) in [6, 6.07) is 70.5. The number of aryl methyl sites for hydroxylation is 3. The maximum Gasteiger partial charge on any atom is 0.458 e. The predicted molar refractivity (Wildman–Crippen MR) is 554 cm³/mol. The molecule has 0 fully saturated rings. The zero-order chi connectivity index (χ0) is 111. The first-order valence-corrected chi connectivity index (χ1v) is 45.5. The Kier molecular flexibility index (Phi) is 29.3. The molecular formula is C124H149F9. The largest absolute Gasteiger partial charge is 0.458 e. The fourth-order valence-electron chi connectivity index (χ4n) is 16.2. The fraction of sp³-hybridized carbons (Fsp3) is 0.371. The molecule has 0 amide bonds. The minimum absolute atomic E-state index is 0.0333. The van der Waals surface area contributed by atoms with Crippen LogP contribution in [0.15, 0.2) is 303 Å². The highest BCUT2D eigenvalue weighted by atomic mass is 19.4. The Bertz CT molecular complexity index is 6450. The highest BCUT2D eigenvalue weighted by Gasteiger charge is 2.62. The van der Waals surface area contributed by atoms with Gasteiger partial charge in [0.2, 0.25) is 0 Å². The first kappa shape index (κ1) is 90.1. The van der Waals surface area contributed by atoms with E-state index in [0.717, 1.165) is 37.5 Å². The van der Waals surface area contributed by atoms with Gasteiger partial charge in [-0.1, -0.05) is 489 Å². The normalized spacial score (nSPS) is 13.8. The smallest absolute Gasteiger partial charge is 0.200 e. The number of halogens is 9. The van der Waals surface area contributed by atoms with Crippen LogP contribution in [-0.2, 0) is 60.6 Å². The van der Waals surface area contributed by atoms with Crippen LogP contribution >= 0.6 is 0 Å². The van der Waals surface area contributed by atoms with Gasteiger partial charge in [0, 0.05) is 18.1 Å². The summed E-state index contributed by atoms with van der Waals surface area (Å²) in [5.74, 6) is -15.0. The molecule has 0 heterocycles. The number of rotatable bonds is 9. The topological polar surface area (TPSA) is 0 Å². The lowest BCUT2D eigenvalue weighted by Gasteiger charge is -2.34. The van der Waals surface area contributed by atoms with Gasteiger partial charge in [-0.15, -0.1) is 0 Å². The third-order valence-electron chi connectivity index (χ3n) is 22.6. The molecule has 0 N–H and O–H groups in total. The molecule has 0 atom stereocenters. The first-order valence-electron chi connectivity index (χ1n) is 52.0. The molecule has 13 aromatic rings. The summed E-state index contributed by atoms with van der Waals surface area (Å²) in [6.45, 7) is 65.8. The van der Waals surface area contributed by atoms with E-state index < -0.39 is 64.2 Å². The van der Waals surface area contributed by atoms with E-state index in [2.05, 4.69) is 342 Å². The van der Waals surface area contributed by atoms with Crippen molar-refractivity contribution in [2.45, 2.75) is 301 Å². The average molecular weight is 1820 g/mol. The van der Waals surface area contributed by atoms with E-state index in [9.17, 15) is 39.5 Å².